The van der Waals surface area contributed by atoms with Crippen molar-refractivity contribution in [1.82, 2.24) is 15.1 Å². The maximum absolute atomic E-state index is 4.63. The zero-order valence-electron chi connectivity index (χ0n) is 13.5. The number of guanidine groups is 2. The van der Waals surface area contributed by atoms with Gasteiger partial charge >= 0.3 is 0 Å². The second-order valence-electron chi connectivity index (χ2n) is 5.04. The molecule has 0 saturated heterocycles. The van der Waals surface area contributed by atoms with Gasteiger partial charge in [0.05, 0.1) is 0 Å². The van der Waals surface area contributed by atoms with E-state index in [1.165, 1.54) is 6.42 Å². The molecule has 1 N–H and O–H groups in total. The van der Waals surface area contributed by atoms with E-state index < -0.39 is 0 Å². The van der Waals surface area contributed by atoms with Crippen LogP contribution in [0.15, 0.2) is 9.98 Å². The lowest BCUT2D eigenvalue weighted by molar-refractivity contribution is 0.484. The van der Waals surface area contributed by atoms with Crippen LogP contribution in [0.4, 0.5) is 0 Å². The molecule has 0 aromatic rings. The molecule has 5 heteroatoms. The molecule has 0 atom stereocenters. The summed E-state index contributed by atoms with van der Waals surface area (Å²) in [6.45, 7) is 6.12. The van der Waals surface area contributed by atoms with E-state index in [0.29, 0.717) is 0 Å². The van der Waals surface area contributed by atoms with Crippen molar-refractivity contribution in [3.8, 4) is 0 Å². The first kappa shape index (κ1) is 17.7. The average molecular weight is 269 g/mol. The largest absolute Gasteiger partial charge is 0.354 e. The summed E-state index contributed by atoms with van der Waals surface area (Å²) in [7, 11) is 7.98. The van der Waals surface area contributed by atoms with Crippen molar-refractivity contribution in [1.29, 1.82) is 0 Å². The van der Waals surface area contributed by atoms with Gasteiger partial charge in [0.2, 0.25) is 11.9 Å². The molecule has 0 aliphatic heterocycles. The molecule has 19 heavy (non-hydrogen) atoms. The topological polar surface area (TPSA) is 43.2 Å². The summed E-state index contributed by atoms with van der Waals surface area (Å²) in [6, 6.07) is 0. The predicted octanol–water partition coefficient (Wildman–Crippen LogP) is 2.01. The van der Waals surface area contributed by atoms with Gasteiger partial charge in [0.1, 0.15) is 0 Å². The molecular weight excluding hydrogens is 238 g/mol. The lowest BCUT2D eigenvalue weighted by atomic mass is 10.3. The Labute approximate surface area is 118 Å². The molecule has 0 aromatic carbocycles. The second kappa shape index (κ2) is 10.6. The molecular formula is C14H31N5. The van der Waals surface area contributed by atoms with E-state index in [1.54, 1.807) is 0 Å². The summed E-state index contributed by atoms with van der Waals surface area (Å²) in [5.74, 6) is 1.65. The highest BCUT2D eigenvalue weighted by atomic mass is 15.4. The summed E-state index contributed by atoms with van der Waals surface area (Å²) in [5, 5.41) is 3.33. The minimum atomic E-state index is 0.749. The molecule has 0 amide bonds. The monoisotopic (exact) mass is 269 g/mol. The van der Waals surface area contributed by atoms with Crippen LogP contribution in [-0.4, -0.2) is 63.0 Å². The number of hydrogen-bond donors (Lipinski definition) is 1. The highest BCUT2D eigenvalue weighted by Crippen LogP contribution is 1.94. The SMILES string of the molecule is CCCC/N=C(\N=C(N(C)C)N(C)C)NCCCC. The van der Waals surface area contributed by atoms with E-state index in [4.69, 9.17) is 0 Å². The van der Waals surface area contributed by atoms with Crippen LogP contribution < -0.4 is 5.32 Å². The third-order valence-corrected chi connectivity index (χ3v) is 2.59. The number of aliphatic imine (C=N–C) groups is 2. The normalized spacial score (nSPS) is 11.2. The molecule has 0 unspecified atom stereocenters. The van der Waals surface area contributed by atoms with Crippen molar-refractivity contribution in [3.05, 3.63) is 0 Å². The number of nitrogens with zero attached hydrogens (tertiary/aromatic N) is 4. The summed E-state index contributed by atoms with van der Waals surface area (Å²) in [5.41, 5.74) is 0. The van der Waals surface area contributed by atoms with Gasteiger partial charge in [-0.15, -0.1) is 0 Å². The van der Waals surface area contributed by atoms with Gasteiger partial charge in [-0.3, -0.25) is 4.99 Å². The van der Waals surface area contributed by atoms with E-state index in [1.807, 2.05) is 38.0 Å². The molecule has 0 aromatic heterocycles. The van der Waals surface area contributed by atoms with Crippen LogP contribution in [0.1, 0.15) is 39.5 Å². The quantitative estimate of drug-likeness (QED) is 0.456. The predicted molar refractivity (Wildman–Crippen MR) is 84.9 cm³/mol. The molecule has 0 spiro atoms. The third-order valence-electron chi connectivity index (χ3n) is 2.59. The molecule has 112 valence electrons. The summed E-state index contributed by atoms with van der Waals surface area (Å²) in [6.07, 6.45) is 4.58. The Morgan fingerprint density at radius 3 is 2.00 bits per heavy atom. The Hall–Kier alpha value is -1.26. The Bertz CT molecular complexity index is 272. The van der Waals surface area contributed by atoms with Gasteiger partial charge in [-0.1, -0.05) is 26.7 Å². The van der Waals surface area contributed by atoms with Crippen LogP contribution >= 0.6 is 0 Å². The first-order valence-corrected chi connectivity index (χ1v) is 7.24. The van der Waals surface area contributed by atoms with Gasteiger partial charge in [0.25, 0.3) is 0 Å². The van der Waals surface area contributed by atoms with Crippen molar-refractivity contribution in [2.45, 2.75) is 39.5 Å². The van der Waals surface area contributed by atoms with E-state index in [-0.39, 0.29) is 0 Å². The number of nitrogens with one attached hydrogen (secondary N) is 1. The van der Waals surface area contributed by atoms with Crippen LogP contribution in [0.2, 0.25) is 0 Å². The van der Waals surface area contributed by atoms with Gasteiger partial charge in [0.15, 0.2) is 0 Å². The number of rotatable bonds is 6. The zero-order valence-corrected chi connectivity index (χ0v) is 13.5. The van der Waals surface area contributed by atoms with Gasteiger partial charge in [-0.2, -0.15) is 4.99 Å². The molecule has 0 radical (unpaired) electrons. The zero-order chi connectivity index (χ0) is 14.7. The van der Waals surface area contributed by atoms with Crippen molar-refractivity contribution in [2.24, 2.45) is 9.98 Å². The fraction of sp³-hybridized carbons (Fsp3) is 0.857. The fourth-order valence-corrected chi connectivity index (χ4v) is 1.55. The van der Waals surface area contributed by atoms with E-state index in [0.717, 1.165) is 44.3 Å². The van der Waals surface area contributed by atoms with Crippen LogP contribution in [0.25, 0.3) is 0 Å². The lowest BCUT2D eigenvalue weighted by Gasteiger charge is -2.22. The smallest absolute Gasteiger partial charge is 0.221 e. The average Bonchev–Trinajstić information content (AvgIpc) is 2.34. The fourth-order valence-electron chi connectivity index (χ4n) is 1.55. The first-order chi connectivity index (χ1) is 9.02. The van der Waals surface area contributed by atoms with Crippen LogP contribution in [0.5, 0.6) is 0 Å². The molecule has 5 nitrogen and oxygen atoms in total. The second-order valence-corrected chi connectivity index (χ2v) is 5.04. The first-order valence-electron chi connectivity index (χ1n) is 7.24. The minimum absolute atomic E-state index is 0.749. The van der Waals surface area contributed by atoms with Crippen LogP contribution in [0.3, 0.4) is 0 Å². The summed E-state index contributed by atoms with van der Waals surface area (Å²) in [4.78, 5) is 13.2. The standard InChI is InChI=1S/C14H31N5/c1-7-9-11-15-13(16-12-10-8-2)17-14(18(3)4)19(5)6/h7-12H2,1-6H3,(H,15,16). The molecule has 0 fully saturated rings. The van der Waals surface area contributed by atoms with Crippen molar-refractivity contribution in [2.75, 3.05) is 41.3 Å². The lowest BCUT2D eigenvalue weighted by Crippen LogP contribution is -2.38. The van der Waals surface area contributed by atoms with E-state index in [9.17, 15) is 0 Å². The highest BCUT2D eigenvalue weighted by Gasteiger charge is 2.06. The Kier molecular flexibility index (Phi) is 9.94. The Morgan fingerprint density at radius 1 is 0.947 bits per heavy atom. The molecule has 0 rings (SSSR count). The summed E-state index contributed by atoms with van der Waals surface area (Å²) >= 11 is 0. The maximum atomic E-state index is 4.63. The van der Waals surface area contributed by atoms with Gasteiger partial charge in [-0.05, 0) is 12.8 Å². The Balaban J connectivity index is 4.78. The third kappa shape index (κ3) is 8.46. The Morgan fingerprint density at radius 2 is 1.53 bits per heavy atom. The van der Waals surface area contributed by atoms with E-state index in [2.05, 4.69) is 29.1 Å². The highest BCUT2D eigenvalue weighted by molar-refractivity contribution is 5.94. The van der Waals surface area contributed by atoms with Crippen LogP contribution in [0, 0.1) is 0 Å². The van der Waals surface area contributed by atoms with Gasteiger partial charge in [-0.25, -0.2) is 0 Å². The van der Waals surface area contributed by atoms with Gasteiger partial charge in [0, 0.05) is 41.3 Å². The van der Waals surface area contributed by atoms with Crippen molar-refractivity contribution >= 4 is 11.9 Å². The molecule has 0 heterocycles. The maximum Gasteiger partial charge on any atom is 0.221 e. The molecule has 0 aliphatic carbocycles. The van der Waals surface area contributed by atoms with Gasteiger partial charge < -0.3 is 15.1 Å². The molecule has 0 saturated carbocycles. The molecule has 0 aliphatic rings. The van der Waals surface area contributed by atoms with Crippen molar-refractivity contribution < 1.29 is 0 Å². The number of unbranched alkanes of at least 4 members (excludes halogenated alkanes) is 2. The summed E-state index contributed by atoms with van der Waals surface area (Å²) < 4.78 is 0. The van der Waals surface area contributed by atoms with Crippen molar-refractivity contribution in [3.63, 3.8) is 0 Å². The number of hydrogen-bond acceptors (Lipinski definition) is 1. The molecule has 0 bridgehead atoms. The minimum Gasteiger partial charge on any atom is -0.354 e. The van der Waals surface area contributed by atoms with Crippen LogP contribution in [-0.2, 0) is 0 Å². The van der Waals surface area contributed by atoms with E-state index >= 15 is 0 Å².